The maximum Gasteiger partial charge on any atom is 0.115 e. The Morgan fingerprint density at radius 3 is 2.45 bits per heavy atom. The Morgan fingerprint density at radius 1 is 1.05 bits per heavy atom. The van der Waals surface area contributed by atoms with E-state index in [1.165, 1.54) is 25.2 Å². The summed E-state index contributed by atoms with van der Waals surface area (Å²) in [6.45, 7) is 4.12. The van der Waals surface area contributed by atoms with Gasteiger partial charge in [0, 0.05) is 6.08 Å². The molecule has 0 aromatic carbocycles. The summed E-state index contributed by atoms with van der Waals surface area (Å²) >= 11 is 0. The van der Waals surface area contributed by atoms with Crippen molar-refractivity contribution in [1.29, 1.82) is 0 Å². The lowest BCUT2D eigenvalue weighted by Crippen LogP contribution is -2.17. The van der Waals surface area contributed by atoms with Crippen molar-refractivity contribution >= 4 is 0 Å². The van der Waals surface area contributed by atoms with Gasteiger partial charge in [-0.3, -0.25) is 0 Å². The fourth-order valence-corrected chi connectivity index (χ4v) is 1.64. The Labute approximate surface area is 134 Å². The first-order valence-electron chi connectivity index (χ1n) is 7.81. The van der Waals surface area contributed by atoms with Gasteiger partial charge in [-0.1, -0.05) is 45.0 Å². The minimum atomic E-state index is -0.881. The average Bonchev–Trinajstić information content (AvgIpc) is 2.48. The van der Waals surface area contributed by atoms with E-state index in [1.54, 1.807) is 0 Å². The van der Waals surface area contributed by atoms with Crippen molar-refractivity contribution in [3.05, 3.63) is 12.3 Å². The van der Waals surface area contributed by atoms with Gasteiger partial charge in [0.2, 0.25) is 0 Å². The van der Waals surface area contributed by atoms with Crippen molar-refractivity contribution < 1.29 is 20.1 Å². The van der Waals surface area contributed by atoms with Crippen LogP contribution in [0.25, 0.3) is 0 Å². The molecule has 4 nitrogen and oxygen atoms in total. The number of ether oxygens (including phenoxy) is 1. The largest absolute Gasteiger partial charge is 0.498 e. The molecule has 0 rings (SSSR count). The van der Waals surface area contributed by atoms with Crippen LogP contribution in [0, 0.1) is 29.6 Å². The number of allylic oxidation sites excluding steroid dienone is 1. The molecular weight excluding hydrogens is 280 g/mol. The summed E-state index contributed by atoms with van der Waals surface area (Å²) < 4.78 is 4.92. The van der Waals surface area contributed by atoms with Crippen LogP contribution in [-0.2, 0) is 4.74 Å². The Hall–Kier alpha value is -1.46. The van der Waals surface area contributed by atoms with Gasteiger partial charge in [-0.15, -0.1) is 0 Å². The second-order valence-electron chi connectivity index (χ2n) is 5.56. The van der Waals surface area contributed by atoms with Crippen LogP contribution in [0.2, 0.25) is 0 Å². The van der Waals surface area contributed by atoms with Crippen LogP contribution < -0.4 is 0 Å². The van der Waals surface area contributed by atoms with Gasteiger partial charge < -0.3 is 20.1 Å². The molecule has 0 aromatic rings. The van der Waals surface area contributed by atoms with E-state index in [0.717, 1.165) is 18.8 Å². The lowest BCUT2D eigenvalue weighted by atomic mass is 10.0. The first-order chi connectivity index (χ1) is 10.6. The predicted molar refractivity (Wildman–Crippen MR) is 87.7 cm³/mol. The van der Waals surface area contributed by atoms with Gasteiger partial charge in [-0.05, 0) is 30.6 Å². The highest BCUT2D eigenvalue weighted by atomic mass is 16.5. The molecule has 0 aliphatic carbocycles. The molecular formula is C18H28O4. The van der Waals surface area contributed by atoms with Crippen LogP contribution in [0.4, 0.5) is 0 Å². The number of aliphatic hydroxyl groups is 3. The van der Waals surface area contributed by atoms with Crippen molar-refractivity contribution in [2.24, 2.45) is 5.92 Å². The zero-order chi connectivity index (χ0) is 16.6. The quantitative estimate of drug-likeness (QED) is 0.327. The van der Waals surface area contributed by atoms with Gasteiger partial charge >= 0.3 is 0 Å². The monoisotopic (exact) mass is 308 g/mol. The maximum atomic E-state index is 9.65. The fourth-order valence-electron chi connectivity index (χ4n) is 1.64. The standard InChI is InChI=1S/C18H28O4/c1-16(2)10-6-5-8-12-17(20)11-7-3-4-9-13-22-15-18(21)14-19/h9,13,16-21H,5-6,8,10,12,14-15H2,1-2H3/b13-9-/t17-,18-/m0/s1. The highest BCUT2D eigenvalue weighted by Gasteiger charge is 1.99. The van der Waals surface area contributed by atoms with Crippen LogP contribution in [0.15, 0.2) is 12.3 Å². The molecule has 0 saturated carbocycles. The molecule has 0 spiro atoms. The van der Waals surface area contributed by atoms with E-state index >= 15 is 0 Å². The van der Waals surface area contributed by atoms with Crippen LogP contribution in [0.3, 0.4) is 0 Å². The lowest BCUT2D eigenvalue weighted by molar-refractivity contribution is 0.0385. The molecule has 0 aromatic heterocycles. The zero-order valence-electron chi connectivity index (χ0n) is 13.6. The summed E-state index contributed by atoms with van der Waals surface area (Å²) in [6, 6.07) is 0. The van der Waals surface area contributed by atoms with Crippen LogP contribution >= 0.6 is 0 Å². The second kappa shape index (κ2) is 14.5. The van der Waals surface area contributed by atoms with E-state index in [9.17, 15) is 5.11 Å². The average molecular weight is 308 g/mol. The van der Waals surface area contributed by atoms with Crippen LogP contribution in [0.5, 0.6) is 0 Å². The molecule has 2 atom stereocenters. The first kappa shape index (κ1) is 20.5. The van der Waals surface area contributed by atoms with E-state index in [-0.39, 0.29) is 13.2 Å². The summed E-state index contributed by atoms with van der Waals surface area (Å²) in [5.74, 6) is 11.2. The van der Waals surface area contributed by atoms with Crippen molar-refractivity contribution in [3.8, 4) is 23.7 Å². The smallest absolute Gasteiger partial charge is 0.115 e. The van der Waals surface area contributed by atoms with Crippen molar-refractivity contribution in [2.45, 2.75) is 58.2 Å². The van der Waals surface area contributed by atoms with Gasteiger partial charge in [-0.2, -0.15) is 0 Å². The Morgan fingerprint density at radius 2 is 1.77 bits per heavy atom. The van der Waals surface area contributed by atoms with E-state index in [0.29, 0.717) is 6.42 Å². The third-order valence-electron chi connectivity index (χ3n) is 2.88. The maximum absolute atomic E-state index is 9.65. The summed E-state index contributed by atoms with van der Waals surface area (Å²) in [4.78, 5) is 0. The van der Waals surface area contributed by atoms with Gasteiger partial charge in [-0.25, -0.2) is 0 Å². The van der Waals surface area contributed by atoms with Crippen molar-refractivity contribution in [2.75, 3.05) is 13.2 Å². The lowest BCUT2D eigenvalue weighted by Gasteiger charge is -2.05. The summed E-state index contributed by atoms with van der Waals surface area (Å²) in [7, 11) is 0. The Balaban J connectivity index is 3.72. The number of unbranched alkanes of at least 4 members (excludes halogenated alkanes) is 2. The topological polar surface area (TPSA) is 69.9 Å². The molecule has 0 fully saturated rings. The predicted octanol–water partition coefficient (Wildman–Crippen LogP) is 1.84. The van der Waals surface area contributed by atoms with Crippen molar-refractivity contribution in [3.63, 3.8) is 0 Å². The first-order valence-corrected chi connectivity index (χ1v) is 7.81. The third kappa shape index (κ3) is 14.9. The number of rotatable bonds is 10. The number of hydrogen-bond acceptors (Lipinski definition) is 4. The van der Waals surface area contributed by atoms with Crippen LogP contribution in [-0.4, -0.2) is 40.7 Å². The fraction of sp³-hybridized carbons (Fsp3) is 0.667. The molecule has 0 heterocycles. The normalized spacial score (nSPS) is 13.2. The highest BCUT2D eigenvalue weighted by molar-refractivity contribution is 5.31. The van der Waals surface area contributed by atoms with Gasteiger partial charge in [0.1, 0.15) is 18.8 Å². The third-order valence-corrected chi connectivity index (χ3v) is 2.88. The summed E-state index contributed by atoms with van der Waals surface area (Å²) in [6.07, 6.45) is 6.52. The molecule has 0 aliphatic rings. The number of hydrogen-bond donors (Lipinski definition) is 3. The molecule has 0 saturated heterocycles. The van der Waals surface area contributed by atoms with Gasteiger partial charge in [0.15, 0.2) is 0 Å². The Kier molecular flexibility index (Phi) is 13.5. The van der Waals surface area contributed by atoms with E-state index in [1.807, 2.05) is 0 Å². The molecule has 124 valence electrons. The molecule has 4 heteroatoms. The molecule has 0 radical (unpaired) electrons. The summed E-state index contributed by atoms with van der Waals surface area (Å²) in [5, 5.41) is 27.2. The highest BCUT2D eigenvalue weighted by Crippen LogP contribution is 2.10. The molecule has 0 unspecified atom stereocenters. The summed E-state index contributed by atoms with van der Waals surface area (Å²) in [5.41, 5.74) is 0. The van der Waals surface area contributed by atoms with Gasteiger partial charge in [0.05, 0.1) is 12.9 Å². The van der Waals surface area contributed by atoms with Gasteiger partial charge in [0.25, 0.3) is 0 Å². The van der Waals surface area contributed by atoms with E-state index in [2.05, 4.69) is 37.5 Å². The zero-order valence-corrected chi connectivity index (χ0v) is 13.6. The SMILES string of the molecule is CC(C)CCCCC[C@@H](O)C#CC#C/C=C\OC[C@@H](O)CO. The molecule has 3 N–H and O–H groups in total. The van der Waals surface area contributed by atoms with E-state index < -0.39 is 12.2 Å². The number of aliphatic hydroxyl groups excluding tert-OH is 3. The Bertz CT molecular complexity index is 406. The molecule has 0 bridgehead atoms. The minimum absolute atomic E-state index is 0.0237. The second-order valence-corrected chi connectivity index (χ2v) is 5.56. The van der Waals surface area contributed by atoms with E-state index in [4.69, 9.17) is 14.9 Å². The molecule has 0 amide bonds. The van der Waals surface area contributed by atoms with Crippen molar-refractivity contribution in [1.82, 2.24) is 0 Å². The van der Waals surface area contributed by atoms with Crippen LogP contribution in [0.1, 0.15) is 46.0 Å². The minimum Gasteiger partial charge on any atom is -0.498 e. The molecule has 0 aliphatic heterocycles. The molecule has 22 heavy (non-hydrogen) atoms.